The number of rotatable bonds is 5. The van der Waals surface area contributed by atoms with Gasteiger partial charge in [0.1, 0.15) is 6.10 Å². The Hall–Kier alpha value is -1.29. The topological polar surface area (TPSA) is 26.3 Å². The molecule has 0 amide bonds. The normalized spacial score (nSPS) is 12.5. The van der Waals surface area contributed by atoms with Crippen LogP contribution in [0.3, 0.4) is 0 Å². The van der Waals surface area contributed by atoms with Crippen LogP contribution in [0.25, 0.3) is 0 Å². The number of halogens is 2. The van der Waals surface area contributed by atoms with Gasteiger partial charge in [0.2, 0.25) is 0 Å². The molecular weight excluding hydrogens is 214 g/mol. The van der Waals surface area contributed by atoms with E-state index in [9.17, 15) is 13.6 Å². The Labute approximate surface area is 93.2 Å². The first-order valence-electron chi connectivity index (χ1n) is 5.13. The molecule has 1 unspecified atom stereocenters. The average Bonchev–Trinajstić information content (AvgIpc) is 2.25. The predicted octanol–water partition coefficient (Wildman–Crippen LogP) is 2.50. The maximum Gasteiger partial charge on any atom is 0.165 e. The van der Waals surface area contributed by atoms with E-state index in [0.717, 1.165) is 6.07 Å². The van der Waals surface area contributed by atoms with Crippen LogP contribution in [0, 0.1) is 11.6 Å². The smallest absolute Gasteiger partial charge is 0.165 e. The van der Waals surface area contributed by atoms with Crippen LogP contribution in [0.15, 0.2) is 18.2 Å². The molecule has 1 rings (SSSR count). The Bertz CT molecular complexity index is 377. The Kier molecular flexibility index (Phi) is 4.55. The summed E-state index contributed by atoms with van der Waals surface area (Å²) in [5.41, 5.74) is 0.0663. The van der Waals surface area contributed by atoms with Crippen molar-refractivity contribution in [2.45, 2.75) is 26.4 Å². The molecule has 1 aromatic rings. The highest BCUT2D eigenvalue weighted by atomic mass is 19.2. The highest BCUT2D eigenvalue weighted by Crippen LogP contribution is 2.13. The SMILES string of the molecule is CCOC(C)C(=O)Cc1cccc(F)c1F. The van der Waals surface area contributed by atoms with Crippen molar-refractivity contribution >= 4 is 5.78 Å². The summed E-state index contributed by atoms with van der Waals surface area (Å²) in [6.45, 7) is 3.79. The summed E-state index contributed by atoms with van der Waals surface area (Å²) >= 11 is 0. The number of benzene rings is 1. The molecule has 16 heavy (non-hydrogen) atoms. The van der Waals surface area contributed by atoms with Crippen molar-refractivity contribution in [3.05, 3.63) is 35.4 Å². The van der Waals surface area contributed by atoms with Crippen LogP contribution in [0.1, 0.15) is 19.4 Å². The molecule has 2 nitrogen and oxygen atoms in total. The van der Waals surface area contributed by atoms with Gasteiger partial charge in [-0.05, 0) is 25.5 Å². The molecule has 0 bridgehead atoms. The number of ketones is 1. The molecule has 0 saturated carbocycles. The Morgan fingerprint density at radius 1 is 1.44 bits per heavy atom. The maximum atomic E-state index is 13.2. The first kappa shape index (κ1) is 12.8. The van der Waals surface area contributed by atoms with E-state index in [1.165, 1.54) is 12.1 Å². The lowest BCUT2D eigenvalue weighted by Crippen LogP contribution is -2.23. The number of hydrogen-bond donors (Lipinski definition) is 0. The zero-order valence-electron chi connectivity index (χ0n) is 9.30. The third-order valence-corrected chi connectivity index (χ3v) is 2.27. The molecule has 0 aromatic heterocycles. The molecule has 0 aliphatic rings. The molecule has 0 fully saturated rings. The summed E-state index contributed by atoms with van der Waals surface area (Å²) in [7, 11) is 0. The van der Waals surface area contributed by atoms with E-state index >= 15 is 0 Å². The van der Waals surface area contributed by atoms with Gasteiger partial charge in [0, 0.05) is 13.0 Å². The second kappa shape index (κ2) is 5.70. The van der Waals surface area contributed by atoms with Gasteiger partial charge in [-0.1, -0.05) is 12.1 Å². The molecule has 0 saturated heterocycles. The van der Waals surface area contributed by atoms with Gasteiger partial charge in [-0.3, -0.25) is 4.79 Å². The molecule has 0 N–H and O–H groups in total. The van der Waals surface area contributed by atoms with E-state index < -0.39 is 17.7 Å². The van der Waals surface area contributed by atoms with Gasteiger partial charge < -0.3 is 4.74 Å². The van der Waals surface area contributed by atoms with Crippen LogP contribution in [0.5, 0.6) is 0 Å². The lowest BCUT2D eigenvalue weighted by Gasteiger charge is -2.10. The van der Waals surface area contributed by atoms with Gasteiger partial charge in [0.05, 0.1) is 0 Å². The highest BCUT2D eigenvalue weighted by Gasteiger charge is 2.16. The Balaban J connectivity index is 2.73. The van der Waals surface area contributed by atoms with E-state index in [0.29, 0.717) is 6.61 Å². The molecule has 4 heteroatoms. The summed E-state index contributed by atoms with van der Waals surface area (Å²) in [6, 6.07) is 3.80. The highest BCUT2D eigenvalue weighted by molar-refractivity contribution is 5.84. The molecule has 0 heterocycles. The third-order valence-electron chi connectivity index (χ3n) is 2.27. The first-order valence-corrected chi connectivity index (χ1v) is 5.13. The second-order valence-electron chi connectivity index (χ2n) is 3.45. The fraction of sp³-hybridized carbons (Fsp3) is 0.417. The van der Waals surface area contributed by atoms with Crippen molar-refractivity contribution in [3.8, 4) is 0 Å². The average molecular weight is 228 g/mol. The van der Waals surface area contributed by atoms with Crippen molar-refractivity contribution < 1.29 is 18.3 Å². The number of hydrogen-bond acceptors (Lipinski definition) is 2. The first-order chi connectivity index (χ1) is 7.56. The summed E-state index contributed by atoms with van der Waals surface area (Å²) in [5.74, 6) is -2.15. The predicted molar refractivity (Wildman–Crippen MR) is 56.2 cm³/mol. The van der Waals surface area contributed by atoms with Crippen LogP contribution in [0.2, 0.25) is 0 Å². The minimum absolute atomic E-state index is 0.0663. The second-order valence-corrected chi connectivity index (χ2v) is 3.45. The van der Waals surface area contributed by atoms with Crippen molar-refractivity contribution in [1.29, 1.82) is 0 Å². The molecule has 88 valence electrons. The van der Waals surface area contributed by atoms with Crippen LogP contribution >= 0.6 is 0 Å². The molecule has 0 spiro atoms. The van der Waals surface area contributed by atoms with E-state index in [-0.39, 0.29) is 17.8 Å². The molecule has 1 aromatic carbocycles. The number of Topliss-reactive ketones (excluding diaryl/α,β-unsaturated/α-hetero) is 1. The lowest BCUT2D eigenvalue weighted by molar-refractivity contribution is -0.128. The summed E-state index contributed by atoms with van der Waals surface area (Å²) in [4.78, 5) is 11.6. The molecule has 0 aliphatic carbocycles. The van der Waals surface area contributed by atoms with Gasteiger partial charge in [0.25, 0.3) is 0 Å². The quantitative estimate of drug-likeness (QED) is 0.774. The third kappa shape index (κ3) is 3.10. The van der Waals surface area contributed by atoms with E-state index in [1.807, 2.05) is 0 Å². The van der Waals surface area contributed by atoms with E-state index in [2.05, 4.69) is 0 Å². The molecule has 0 aliphatic heterocycles. The number of ether oxygens (including phenoxy) is 1. The minimum Gasteiger partial charge on any atom is -0.371 e. The fourth-order valence-electron chi connectivity index (χ4n) is 1.36. The van der Waals surface area contributed by atoms with E-state index in [4.69, 9.17) is 4.74 Å². The largest absolute Gasteiger partial charge is 0.371 e. The molecule has 0 radical (unpaired) electrons. The van der Waals surface area contributed by atoms with Gasteiger partial charge in [0.15, 0.2) is 17.4 Å². The van der Waals surface area contributed by atoms with Gasteiger partial charge in [-0.15, -0.1) is 0 Å². The van der Waals surface area contributed by atoms with Gasteiger partial charge >= 0.3 is 0 Å². The monoisotopic (exact) mass is 228 g/mol. The fourth-order valence-corrected chi connectivity index (χ4v) is 1.36. The van der Waals surface area contributed by atoms with Crippen molar-refractivity contribution in [2.75, 3.05) is 6.61 Å². The van der Waals surface area contributed by atoms with Crippen molar-refractivity contribution in [2.24, 2.45) is 0 Å². The van der Waals surface area contributed by atoms with Gasteiger partial charge in [-0.25, -0.2) is 8.78 Å². The van der Waals surface area contributed by atoms with Gasteiger partial charge in [-0.2, -0.15) is 0 Å². The van der Waals surface area contributed by atoms with Crippen LogP contribution in [0.4, 0.5) is 8.78 Å². The molecular formula is C12H14F2O2. The standard InChI is InChI=1S/C12H14F2O2/c1-3-16-8(2)11(15)7-9-5-4-6-10(13)12(9)14/h4-6,8H,3,7H2,1-2H3. The lowest BCUT2D eigenvalue weighted by atomic mass is 10.1. The van der Waals surface area contributed by atoms with Crippen molar-refractivity contribution in [1.82, 2.24) is 0 Å². The summed E-state index contributed by atoms with van der Waals surface area (Å²) in [5, 5.41) is 0. The maximum absolute atomic E-state index is 13.2. The van der Waals surface area contributed by atoms with Crippen LogP contribution in [-0.2, 0) is 16.0 Å². The minimum atomic E-state index is -0.959. The van der Waals surface area contributed by atoms with E-state index in [1.54, 1.807) is 13.8 Å². The molecule has 1 atom stereocenters. The summed E-state index contributed by atoms with van der Waals surface area (Å²) in [6.07, 6.45) is -0.738. The van der Waals surface area contributed by atoms with Crippen LogP contribution in [-0.4, -0.2) is 18.5 Å². The number of carbonyl (C=O) groups is 1. The summed E-state index contributed by atoms with van der Waals surface area (Å²) < 4.78 is 31.2. The van der Waals surface area contributed by atoms with Crippen molar-refractivity contribution in [3.63, 3.8) is 0 Å². The number of carbonyl (C=O) groups excluding carboxylic acids is 1. The zero-order valence-corrected chi connectivity index (χ0v) is 9.30. The van der Waals surface area contributed by atoms with Crippen LogP contribution < -0.4 is 0 Å². The Morgan fingerprint density at radius 3 is 2.75 bits per heavy atom. The zero-order chi connectivity index (χ0) is 12.1. The Morgan fingerprint density at radius 2 is 2.12 bits per heavy atom.